The van der Waals surface area contributed by atoms with Gasteiger partial charge in [0.2, 0.25) is 5.91 Å². The van der Waals surface area contributed by atoms with Crippen LogP contribution in [0.4, 0.5) is 18.3 Å². The van der Waals surface area contributed by atoms with Crippen LogP contribution in [0, 0.1) is 0 Å². The average Bonchev–Trinajstić information content (AvgIpc) is 3.43. The van der Waals surface area contributed by atoms with E-state index < -0.39 is 11.7 Å². The number of amides is 1. The Kier molecular flexibility index (Phi) is 7.77. The number of rotatable bonds is 8. The van der Waals surface area contributed by atoms with Gasteiger partial charge in [-0.05, 0) is 30.3 Å². The van der Waals surface area contributed by atoms with E-state index in [1.54, 1.807) is 11.6 Å². The van der Waals surface area contributed by atoms with Gasteiger partial charge < -0.3 is 14.6 Å². The molecule has 1 N–H and O–H groups in total. The lowest BCUT2D eigenvalue weighted by Crippen LogP contribution is -2.14. The lowest BCUT2D eigenvalue weighted by Gasteiger charge is -2.10. The van der Waals surface area contributed by atoms with Gasteiger partial charge in [-0.25, -0.2) is 4.98 Å². The molecule has 0 fully saturated rings. The summed E-state index contributed by atoms with van der Waals surface area (Å²) in [6.45, 7) is -0.0739. The number of hydrogen-bond acceptors (Lipinski definition) is 7. The number of alkyl halides is 3. The van der Waals surface area contributed by atoms with Gasteiger partial charge in [-0.15, -0.1) is 21.5 Å². The van der Waals surface area contributed by atoms with Crippen molar-refractivity contribution in [3.63, 3.8) is 0 Å². The van der Waals surface area contributed by atoms with Crippen LogP contribution in [0.1, 0.15) is 11.4 Å². The monoisotopic (exact) mass is 583 g/mol. The molecule has 13 heteroatoms. The van der Waals surface area contributed by atoms with E-state index in [4.69, 9.17) is 4.74 Å². The highest BCUT2D eigenvalue weighted by atomic mass is 79.9. The lowest BCUT2D eigenvalue weighted by atomic mass is 10.2. The highest BCUT2D eigenvalue weighted by molar-refractivity contribution is 9.10. The summed E-state index contributed by atoms with van der Waals surface area (Å²) in [5.74, 6) is 0.302. The molecule has 4 aromatic rings. The molecule has 0 aliphatic carbocycles. The van der Waals surface area contributed by atoms with Crippen molar-refractivity contribution in [2.45, 2.75) is 17.9 Å². The Bertz CT molecular complexity index is 1330. The van der Waals surface area contributed by atoms with Gasteiger partial charge in [-0.1, -0.05) is 45.9 Å². The van der Waals surface area contributed by atoms with Crippen molar-refractivity contribution in [2.75, 3.05) is 11.1 Å². The zero-order valence-electron chi connectivity index (χ0n) is 18.0. The molecule has 4 rings (SSSR count). The fraction of sp³-hybridized carbons (Fsp3) is 0.182. The summed E-state index contributed by atoms with van der Waals surface area (Å²) in [5, 5.41) is 13.6. The van der Waals surface area contributed by atoms with E-state index >= 15 is 0 Å². The number of nitrogens with zero attached hydrogens (tertiary/aromatic N) is 4. The fourth-order valence-corrected chi connectivity index (χ4v) is 4.61. The number of nitrogens with one attached hydrogen (secondary N) is 1. The third kappa shape index (κ3) is 6.61. The quantitative estimate of drug-likeness (QED) is 0.255. The lowest BCUT2D eigenvalue weighted by molar-refractivity contribution is -0.137. The summed E-state index contributed by atoms with van der Waals surface area (Å²) >= 11 is 5.90. The van der Waals surface area contributed by atoms with Crippen LogP contribution in [-0.4, -0.2) is 31.4 Å². The van der Waals surface area contributed by atoms with Crippen LogP contribution in [0.5, 0.6) is 5.75 Å². The summed E-state index contributed by atoms with van der Waals surface area (Å²) in [6, 6.07) is 12.3. The number of hydrogen-bond donors (Lipinski definition) is 1. The molecule has 0 saturated heterocycles. The normalized spacial score (nSPS) is 11.5. The number of ether oxygens (including phenoxy) is 1. The van der Waals surface area contributed by atoms with Gasteiger partial charge in [0.05, 0.1) is 17.0 Å². The van der Waals surface area contributed by atoms with Crippen molar-refractivity contribution in [1.29, 1.82) is 0 Å². The van der Waals surface area contributed by atoms with E-state index in [2.05, 4.69) is 36.4 Å². The molecule has 2 aromatic heterocycles. The first-order valence-corrected chi connectivity index (χ1v) is 12.7. The summed E-state index contributed by atoms with van der Waals surface area (Å²) in [6.07, 6.45) is -4.45. The molecule has 0 spiro atoms. The second-order valence-electron chi connectivity index (χ2n) is 7.15. The van der Waals surface area contributed by atoms with E-state index in [-0.39, 0.29) is 24.0 Å². The SMILES string of the molecule is Cn1c(COc2cccc(C(F)(F)F)c2)nnc1SCC(=O)Nc1nc(-c2ccc(Br)cc2)cs1. The number of thiazole rings is 1. The molecular weight excluding hydrogens is 567 g/mol. The molecule has 0 aliphatic rings. The van der Waals surface area contributed by atoms with Gasteiger partial charge in [-0.3, -0.25) is 4.79 Å². The number of thioether (sulfide) groups is 1. The van der Waals surface area contributed by atoms with E-state index in [1.807, 2.05) is 29.6 Å². The number of halogens is 4. The number of aromatic nitrogens is 4. The second-order valence-corrected chi connectivity index (χ2v) is 9.87. The molecule has 2 aromatic carbocycles. The van der Waals surface area contributed by atoms with Crippen molar-refractivity contribution in [1.82, 2.24) is 19.7 Å². The minimum Gasteiger partial charge on any atom is -0.486 e. The number of anilines is 1. The molecule has 0 saturated carbocycles. The van der Waals surface area contributed by atoms with Crippen LogP contribution in [0.25, 0.3) is 11.3 Å². The molecule has 0 bridgehead atoms. The van der Waals surface area contributed by atoms with Gasteiger partial charge in [0.15, 0.2) is 16.1 Å². The number of carbonyl (C=O) groups is 1. The Balaban J connectivity index is 1.30. The maximum absolute atomic E-state index is 12.9. The number of benzene rings is 2. The maximum atomic E-state index is 12.9. The van der Waals surface area contributed by atoms with Crippen molar-refractivity contribution >= 4 is 50.1 Å². The first-order chi connectivity index (χ1) is 16.7. The zero-order valence-corrected chi connectivity index (χ0v) is 21.3. The topological polar surface area (TPSA) is 81.9 Å². The minimum absolute atomic E-state index is 0.0716. The smallest absolute Gasteiger partial charge is 0.416 e. The molecule has 0 atom stereocenters. The third-order valence-corrected chi connectivity index (χ3v) is 6.98. The Morgan fingerprint density at radius 1 is 1.20 bits per heavy atom. The Morgan fingerprint density at radius 3 is 2.71 bits per heavy atom. The highest BCUT2D eigenvalue weighted by Gasteiger charge is 2.30. The maximum Gasteiger partial charge on any atom is 0.416 e. The second kappa shape index (κ2) is 10.8. The molecule has 0 radical (unpaired) electrons. The minimum atomic E-state index is -4.45. The molecule has 0 unspecified atom stereocenters. The Hall–Kier alpha value is -2.90. The van der Waals surface area contributed by atoms with Crippen LogP contribution >= 0.6 is 39.0 Å². The van der Waals surface area contributed by atoms with Gasteiger partial charge in [0, 0.05) is 22.5 Å². The predicted octanol–water partition coefficient (Wildman–Crippen LogP) is 6.03. The standard InChI is InChI=1S/C22H17BrF3N5O2S2/c1-31-18(10-33-16-4-2-3-14(9-16)22(24,25)26)29-30-21(31)35-12-19(32)28-20-27-17(11-34-20)13-5-7-15(23)8-6-13/h2-9,11H,10,12H2,1H3,(H,27,28,32). The van der Waals surface area contributed by atoms with Crippen molar-refractivity contribution in [3.05, 3.63) is 69.8 Å². The molecule has 182 valence electrons. The van der Waals surface area contributed by atoms with Gasteiger partial charge in [0.25, 0.3) is 0 Å². The van der Waals surface area contributed by atoms with Crippen LogP contribution in [0.2, 0.25) is 0 Å². The summed E-state index contributed by atoms with van der Waals surface area (Å²) < 4.78 is 46.6. The molecule has 0 aliphatic heterocycles. The number of carbonyl (C=O) groups excluding carboxylic acids is 1. The first-order valence-electron chi connectivity index (χ1n) is 10.0. The van der Waals surface area contributed by atoms with Crippen molar-refractivity contribution in [2.24, 2.45) is 7.05 Å². The van der Waals surface area contributed by atoms with Crippen molar-refractivity contribution < 1.29 is 22.7 Å². The van der Waals surface area contributed by atoms with Crippen LogP contribution in [0.3, 0.4) is 0 Å². The Morgan fingerprint density at radius 2 is 1.97 bits per heavy atom. The third-order valence-electron chi connectivity index (χ3n) is 4.68. The summed E-state index contributed by atoms with van der Waals surface area (Å²) in [4.78, 5) is 16.8. The van der Waals surface area contributed by atoms with E-state index in [9.17, 15) is 18.0 Å². The molecule has 7 nitrogen and oxygen atoms in total. The molecular formula is C22H17BrF3N5O2S2. The average molecular weight is 584 g/mol. The molecule has 35 heavy (non-hydrogen) atoms. The van der Waals surface area contributed by atoms with E-state index in [0.29, 0.717) is 16.1 Å². The van der Waals surface area contributed by atoms with Gasteiger partial charge in [0.1, 0.15) is 12.4 Å². The van der Waals surface area contributed by atoms with E-state index in [1.165, 1.54) is 35.2 Å². The Labute approximate surface area is 214 Å². The fourth-order valence-electron chi connectivity index (χ4n) is 2.88. The van der Waals surface area contributed by atoms with Crippen LogP contribution in [-0.2, 0) is 24.6 Å². The van der Waals surface area contributed by atoms with Crippen molar-refractivity contribution in [3.8, 4) is 17.0 Å². The highest BCUT2D eigenvalue weighted by Crippen LogP contribution is 2.31. The molecule has 2 heterocycles. The molecule has 1 amide bonds. The van der Waals surface area contributed by atoms with Crippen LogP contribution in [0.15, 0.2) is 63.5 Å². The largest absolute Gasteiger partial charge is 0.486 e. The zero-order chi connectivity index (χ0) is 25.0. The summed E-state index contributed by atoms with van der Waals surface area (Å²) in [7, 11) is 1.69. The van der Waals surface area contributed by atoms with Gasteiger partial charge in [-0.2, -0.15) is 13.2 Å². The van der Waals surface area contributed by atoms with Gasteiger partial charge >= 0.3 is 6.18 Å². The first kappa shape index (κ1) is 25.2. The predicted molar refractivity (Wildman–Crippen MR) is 131 cm³/mol. The van der Waals surface area contributed by atoms with Crippen LogP contribution < -0.4 is 10.1 Å². The van der Waals surface area contributed by atoms with E-state index in [0.717, 1.165) is 27.9 Å². The summed E-state index contributed by atoms with van der Waals surface area (Å²) in [5.41, 5.74) is 0.918.